The zero-order valence-electron chi connectivity index (χ0n) is 7.84. The summed E-state index contributed by atoms with van der Waals surface area (Å²) in [5.41, 5.74) is 0. The molecule has 0 aromatic rings. The Kier molecular flexibility index (Phi) is 4.08. The zero-order chi connectivity index (χ0) is 9.84. The number of ether oxygens (including phenoxy) is 3. The van der Waals surface area contributed by atoms with Crippen LogP contribution in [0.4, 0.5) is 0 Å². The van der Waals surface area contributed by atoms with Crippen molar-refractivity contribution in [2.45, 2.75) is 24.4 Å². The summed E-state index contributed by atoms with van der Waals surface area (Å²) in [7, 11) is 3.00. The van der Waals surface area contributed by atoms with Crippen LogP contribution in [0.2, 0.25) is 0 Å². The number of hydrogen-bond donors (Lipinski definition) is 2. The van der Waals surface area contributed by atoms with Crippen molar-refractivity contribution in [3.05, 3.63) is 0 Å². The van der Waals surface area contributed by atoms with Crippen molar-refractivity contribution in [3.8, 4) is 0 Å². The maximum Gasteiger partial charge on any atom is 0.114 e. The van der Waals surface area contributed by atoms with Gasteiger partial charge in [0.05, 0.1) is 13.2 Å². The van der Waals surface area contributed by atoms with Gasteiger partial charge in [-0.2, -0.15) is 0 Å². The maximum atomic E-state index is 9.47. The Morgan fingerprint density at radius 2 is 1.92 bits per heavy atom. The molecule has 1 heterocycles. The Labute approximate surface area is 77.2 Å². The minimum absolute atomic E-state index is 0.134. The third-order valence-corrected chi connectivity index (χ3v) is 2.27. The minimum atomic E-state index is -0.697. The van der Waals surface area contributed by atoms with Gasteiger partial charge in [-0.05, 0) is 0 Å². The van der Waals surface area contributed by atoms with Gasteiger partial charge in [0, 0.05) is 14.2 Å². The molecule has 0 aromatic carbocycles. The second-order valence-corrected chi connectivity index (χ2v) is 3.02. The SMILES string of the molecule is COC1C(O)COC(CO)C1OC. The molecule has 1 aliphatic rings. The molecule has 5 nitrogen and oxygen atoms in total. The van der Waals surface area contributed by atoms with Crippen molar-refractivity contribution in [1.29, 1.82) is 0 Å². The van der Waals surface area contributed by atoms with Crippen LogP contribution in [0.15, 0.2) is 0 Å². The van der Waals surface area contributed by atoms with Crippen LogP contribution in [0, 0.1) is 0 Å². The van der Waals surface area contributed by atoms with Gasteiger partial charge in [-0.3, -0.25) is 0 Å². The van der Waals surface area contributed by atoms with Gasteiger partial charge < -0.3 is 24.4 Å². The van der Waals surface area contributed by atoms with Crippen LogP contribution in [-0.2, 0) is 14.2 Å². The third kappa shape index (κ3) is 2.18. The average molecular weight is 192 g/mol. The van der Waals surface area contributed by atoms with Gasteiger partial charge in [-0.1, -0.05) is 0 Å². The lowest BCUT2D eigenvalue weighted by Crippen LogP contribution is -2.55. The summed E-state index contributed by atoms with van der Waals surface area (Å²) in [6.07, 6.45) is -1.97. The molecule has 78 valence electrons. The summed E-state index contributed by atoms with van der Waals surface area (Å²) in [6, 6.07) is 0. The lowest BCUT2D eigenvalue weighted by Gasteiger charge is -2.38. The summed E-state index contributed by atoms with van der Waals surface area (Å²) in [5.74, 6) is 0. The number of aliphatic hydroxyl groups is 2. The van der Waals surface area contributed by atoms with Crippen molar-refractivity contribution in [2.24, 2.45) is 0 Å². The van der Waals surface area contributed by atoms with Crippen molar-refractivity contribution < 1.29 is 24.4 Å². The fourth-order valence-corrected chi connectivity index (χ4v) is 1.58. The molecule has 5 heteroatoms. The molecule has 4 unspecified atom stereocenters. The van der Waals surface area contributed by atoms with Crippen LogP contribution < -0.4 is 0 Å². The van der Waals surface area contributed by atoms with Crippen molar-refractivity contribution in [2.75, 3.05) is 27.4 Å². The molecule has 0 amide bonds. The summed E-state index contributed by atoms with van der Waals surface area (Å²) in [5, 5.41) is 18.4. The molecule has 13 heavy (non-hydrogen) atoms. The van der Waals surface area contributed by atoms with Gasteiger partial charge in [0.2, 0.25) is 0 Å². The highest BCUT2D eigenvalue weighted by Gasteiger charge is 2.39. The van der Waals surface area contributed by atoms with E-state index in [4.69, 9.17) is 19.3 Å². The van der Waals surface area contributed by atoms with E-state index in [1.807, 2.05) is 0 Å². The van der Waals surface area contributed by atoms with E-state index in [2.05, 4.69) is 0 Å². The Morgan fingerprint density at radius 1 is 1.31 bits per heavy atom. The first-order valence-corrected chi connectivity index (χ1v) is 4.20. The number of hydrogen-bond acceptors (Lipinski definition) is 5. The number of aliphatic hydroxyl groups excluding tert-OH is 2. The van der Waals surface area contributed by atoms with E-state index < -0.39 is 24.4 Å². The molecule has 2 N–H and O–H groups in total. The Balaban J connectivity index is 2.64. The van der Waals surface area contributed by atoms with E-state index >= 15 is 0 Å². The fraction of sp³-hybridized carbons (Fsp3) is 1.00. The molecule has 1 fully saturated rings. The first kappa shape index (κ1) is 10.9. The normalized spacial score (nSPS) is 40.6. The monoisotopic (exact) mass is 192 g/mol. The molecule has 0 saturated carbocycles. The van der Waals surface area contributed by atoms with Crippen LogP contribution in [0.5, 0.6) is 0 Å². The van der Waals surface area contributed by atoms with Gasteiger partial charge >= 0.3 is 0 Å². The van der Waals surface area contributed by atoms with Gasteiger partial charge in [0.15, 0.2) is 0 Å². The van der Waals surface area contributed by atoms with Crippen LogP contribution in [0.1, 0.15) is 0 Å². The Bertz CT molecular complexity index is 151. The molecule has 1 aliphatic heterocycles. The van der Waals surface area contributed by atoms with Crippen molar-refractivity contribution in [3.63, 3.8) is 0 Å². The molecule has 0 spiro atoms. The first-order valence-electron chi connectivity index (χ1n) is 4.20. The molecule has 0 aliphatic carbocycles. The molecular weight excluding hydrogens is 176 g/mol. The molecule has 1 saturated heterocycles. The predicted molar refractivity (Wildman–Crippen MR) is 44.4 cm³/mol. The lowest BCUT2D eigenvalue weighted by atomic mass is 10.0. The van der Waals surface area contributed by atoms with Crippen LogP contribution >= 0.6 is 0 Å². The van der Waals surface area contributed by atoms with Crippen LogP contribution in [0.25, 0.3) is 0 Å². The van der Waals surface area contributed by atoms with Crippen molar-refractivity contribution >= 4 is 0 Å². The molecule has 0 bridgehead atoms. The largest absolute Gasteiger partial charge is 0.394 e. The second kappa shape index (κ2) is 4.88. The third-order valence-electron chi connectivity index (χ3n) is 2.27. The van der Waals surface area contributed by atoms with E-state index in [-0.39, 0.29) is 13.2 Å². The Hall–Kier alpha value is -0.200. The Morgan fingerprint density at radius 3 is 2.38 bits per heavy atom. The fourth-order valence-electron chi connectivity index (χ4n) is 1.58. The van der Waals surface area contributed by atoms with E-state index in [9.17, 15) is 5.11 Å². The molecule has 0 aromatic heterocycles. The maximum absolute atomic E-state index is 9.47. The quantitative estimate of drug-likeness (QED) is 0.586. The first-order chi connectivity index (χ1) is 6.24. The van der Waals surface area contributed by atoms with Crippen molar-refractivity contribution in [1.82, 2.24) is 0 Å². The molecule has 4 atom stereocenters. The van der Waals surface area contributed by atoms with Crippen LogP contribution in [0.3, 0.4) is 0 Å². The summed E-state index contributed by atoms with van der Waals surface area (Å²) >= 11 is 0. The van der Waals surface area contributed by atoms with Gasteiger partial charge in [-0.15, -0.1) is 0 Å². The topological polar surface area (TPSA) is 68.2 Å². The average Bonchev–Trinajstić information content (AvgIpc) is 2.17. The zero-order valence-corrected chi connectivity index (χ0v) is 7.84. The van der Waals surface area contributed by atoms with Gasteiger partial charge in [0.1, 0.15) is 24.4 Å². The summed E-state index contributed by atoms with van der Waals surface area (Å²) < 4.78 is 15.3. The smallest absolute Gasteiger partial charge is 0.114 e. The van der Waals surface area contributed by atoms with E-state index in [0.717, 1.165) is 0 Å². The second-order valence-electron chi connectivity index (χ2n) is 3.02. The van der Waals surface area contributed by atoms with Gasteiger partial charge in [0.25, 0.3) is 0 Å². The number of methoxy groups -OCH3 is 2. The van der Waals surface area contributed by atoms with Gasteiger partial charge in [-0.25, -0.2) is 0 Å². The molecule has 1 rings (SSSR count). The number of rotatable bonds is 3. The standard InChI is InChI=1S/C8H16O5/c1-11-7-5(10)4-13-6(3-9)8(7)12-2/h5-10H,3-4H2,1-2H3. The van der Waals surface area contributed by atoms with E-state index in [1.165, 1.54) is 14.2 Å². The predicted octanol–water partition coefficient (Wildman–Crippen LogP) is -1.23. The highest BCUT2D eigenvalue weighted by atomic mass is 16.6. The van der Waals surface area contributed by atoms with E-state index in [1.54, 1.807) is 0 Å². The van der Waals surface area contributed by atoms with E-state index in [0.29, 0.717) is 0 Å². The summed E-state index contributed by atoms with van der Waals surface area (Å²) in [4.78, 5) is 0. The minimum Gasteiger partial charge on any atom is -0.394 e. The van der Waals surface area contributed by atoms with Crippen LogP contribution in [-0.4, -0.2) is 62.1 Å². The summed E-state index contributed by atoms with van der Waals surface area (Å²) in [6.45, 7) is 0.0364. The highest BCUT2D eigenvalue weighted by Crippen LogP contribution is 2.19. The molecule has 0 radical (unpaired) electrons. The lowest BCUT2D eigenvalue weighted by molar-refractivity contribution is -0.211. The molecular formula is C8H16O5. The highest BCUT2D eigenvalue weighted by molar-refractivity contribution is 4.88.